The fourth-order valence-electron chi connectivity index (χ4n) is 5.36. The second-order valence-electron chi connectivity index (χ2n) is 7.10. The van der Waals surface area contributed by atoms with Gasteiger partial charge in [0.15, 0.2) is 5.60 Å². The summed E-state index contributed by atoms with van der Waals surface area (Å²) in [6.07, 6.45) is 2.45. The molecule has 0 amide bonds. The van der Waals surface area contributed by atoms with Crippen LogP contribution < -0.4 is 0 Å². The van der Waals surface area contributed by atoms with Gasteiger partial charge in [-0.05, 0) is 68.6 Å². The Morgan fingerprint density at radius 1 is 0.895 bits per heavy atom. The van der Waals surface area contributed by atoms with E-state index in [4.69, 9.17) is 0 Å². The number of alkyl halides is 3. The molecule has 1 N–H and O–H groups in total. The summed E-state index contributed by atoms with van der Waals surface area (Å²) >= 11 is 0. The van der Waals surface area contributed by atoms with Crippen molar-refractivity contribution < 1.29 is 18.3 Å². The molecule has 110 valence electrons. The monoisotopic (exact) mass is 276 g/mol. The molecule has 0 aromatic rings. The van der Waals surface area contributed by atoms with Crippen LogP contribution in [0.25, 0.3) is 0 Å². The van der Waals surface area contributed by atoms with Gasteiger partial charge in [-0.1, -0.05) is 12.8 Å². The lowest BCUT2D eigenvalue weighted by atomic mass is 9.57. The van der Waals surface area contributed by atoms with Crippen molar-refractivity contribution in [1.29, 1.82) is 0 Å². The average molecular weight is 276 g/mol. The van der Waals surface area contributed by atoms with E-state index in [-0.39, 0.29) is 5.92 Å². The van der Waals surface area contributed by atoms with Crippen molar-refractivity contribution >= 4 is 0 Å². The van der Waals surface area contributed by atoms with Gasteiger partial charge in [0.2, 0.25) is 0 Å². The van der Waals surface area contributed by atoms with Crippen LogP contribution in [0.5, 0.6) is 0 Å². The largest absolute Gasteiger partial charge is 0.417 e. The molecule has 0 aliphatic heterocycles. The molecule has 1 nitrogen and oxygen atoms in total. The van der Waals surface area contributed by atoms with Gasteiger partial charge in [-0.3, -0.25) is 0 Å². The highest BCUT2D eigenvalue weighted by molar-refractivity contribution is 5.03. The minimum atomic E-state index is -4.50. The normalized spacial score (nSPS) is 45.6. The van der Waals surface area contributed by atoms with Crippen molar-refractivity contribution in [1.82, 2.24) is 0 Å². The molecule has 3 saturated carbocycles. The molecule has 4 heteroatoms. The molecule has 3 rings (SSSR count). The minimum absolute atomic E-state index is 0.0941. The predicted octanol–water partition coefficient (Wildman–Crippen LogP) is 4.15. The molecule has 0 aromatic heterocycles. The molecule has 0 aromatic carbocycles. The van der Waals surface area contributed by atoms with E-state index in [1.165, 1.54) is 19.3 Å². The first kappa shape index (κ1) is 13.7. The molecule has 6 atom stereocenters. The van der Waals surface area contributed by atoms with Crippen LogP contribution in [-0.2, 0) is 0 Å². The van der Waals surface area contributed by atoms with E-state index in [2.05, 4.69) is 0 Å². The van der Waals surface area contributed by atoms with Crippen LogP contribution in [0.3, 0.4) is 0 Å². The maximum Gasteiger partial charge on any atom is 0.417 e. The Labute approximate surface area is 112 Å². The zero-order valence-corrected chi connectivity index (χ0v) is 11.4. The first-order valence-electron chi connectivity index (χ1n) is 7.61. The number of halogens is 3. The van der Waals surface area contributed by atoms with E-state index >= 15 is 0 Å². The molecule has 0 heterocycles. The average Bonchev–Trinajstić information content (AvgIpc) is 2.73. The molecule has 0 bridgehead atoms. The van der Waals surface area contributed by atoms with Gasteiger partial charge in [0.25, 0.3) is 0 Å². The van der Waals surface area contributed by atoms with E-state index in [1.807, 2.05) is 0 Å². The molecule has 0 radical (unpaired) electrons. The molecule has 0 spiro atoms. The van der Waals surface area contributed by atoms with Crippen LogP contribution in [0.1, 0.15) is 51.9 Å². The summed E-state index contributed by atoms with van der Waals surface area (Å²) in [6.45, 7) is 0.997. The summed E-state index contributed by atoms with van der Waals surface area (Å²) < 4.78 is 39.4. The van der Waals surface area contributed by atoms with Gasteiger partial charge in [-0.25, -0.2) is 0 Å². The van der Waals surface area contributed by atoms with E-state index in [0.29, 0.717) is 24.2 Å². The fourth-order valence-corrected chi connectivity index (χ4v) is 5.36. The summed E-state index contributed by atoms with van der Waals surface area (Å²) in [5.41, 5.74) is -2.51. The Kier molecular flexibility index (Phi) is 3.16. The highest BCUT2D eigenvalue weighted by atomic mass is 19.4. The Morgan fingerprint density at radius 3 is 2.11 bits per heavy atom. The predicted molar refractivity (Wildman–Crippen MR) is 66.4 cm³/mol. The Hall–Kier alpha value is -0.250. The van der Waals surface area contributed by atoms with Crippen LogP contribution in [0.4, 0.5) is 13.2 Å². The molecule has 3 aliphatic rings. The lowest BCUT2D eigenvalue weighted by molar-refractivity contribution is -0.286. The van der Waals surface area contributed by atoms with E-state index < -0.39 is 17.7 Å². The Morgan fingerprint density at radius 2 is 1.47 bits per heavy atom. The fraction of sp³-hybridized carbons (Fsp3) is 1.00. The lowest BCUT2D eigenvalue weighted by Crippen LogP contribution is -2.55. The van der Waals surface area contributed by atoms with Crippen molar-refractivity contribution in [2.24, 2.45) is 29.6 Å². The van der Waals surface area contributed by atoms with Crippen molar-refractivity contribution in [3.8, 4) is 0 Å². The summed E-state index contributed by atoms with van der Waals surface area (Å²) in [4.78, 5) is 0. The zero-order valence-electron chi connectivity index (χ0n) is 11.4. The van der Waals surface area contributed by atoms with Gasteiger partial charge in [0, 0.05) is 0 Å². The van der Waals surface area contributed by atoms with E-state index in [0.717, 1.165) is 26.2 Å². The van der Waals surface area contributed by atoms with Gasteiger partial charge >= 0.3 is 6.18 Å². The topological polar surface area (TPSA) is 20.2 Å². The smallest absolute Gasteiger partial charge is 0.380 e. The molecule has 3 aliphatic carbocycles. The van der Waals surface area contributed by atoms with Gasteiger partial charge in [-0.2, -0.15) is 13.2 Å². The quantitative estimate of drug-likeness (QED) is 0.762. The highest BCUT2D eigenvalue weighted by Crippen LogP contribution is 2.59. The maximum atomic E-state index is 13.1. The third kappa shape index (κ3) is 2.01. The van der Waals surface area contributed by atoms with Gasteiger partial charge < -0.3 is 5.11 Å². The van der Waals surface area contributed by atoms with Crippen molar-refractivity contribution in [3.63, 3.8) is 0 Å². The maximum absolute atomic E-state index is 13.1. The zero-order chi connectivity index (χ0) is 13.8. The van der Waals surface area contributed by atoms with E-state index in [1.54, 1.807) is 0 Å². The van der Waals surface area contributed by atoms with Crippen LogP contribution in [0.15, 0.2) is 0 Å². The summed E-state index contributed by atoms with van der Waals surface area (Å²) in [7, 11) is 0. The third-order valence-electron chi connectivity index (χ3n) is 6.26. The summed E-state index contributed by atoms with van der Waals surface area (Å²) in [6, 6.07) is 0. The Balaban J connectivity index is 1.88. The number of hydrogen-bond acceptors (Lipinski definition) is 1. The molecular weight excluding hydrogens is 253 g/mol. The number of rotatable bonds is 1. The van der Waals surface area contributed by atoms with E-state index in [9.17, 15) is 18.3 Å². The molecular formula is C15H23F3O. The standard InChI is InChI=1S/C15H23F3O/c1-14(19,15(16,17)18)12-8-7-10-6-5-9-3-2-4-11(12)13(9)10/h9-13,19H,2-8H2,1H3. The van der Waals surface area contributed by atoms with Gasteiger partial charge in [0.1, 0.15) is 0 Å². The van der Waals surface area contributed by atoms with Crippen LogP contribution >= 0.6 is 0 Å². The summed E-state index contributed by atoms with van der Waals surface area (Å²) in [5, 5.41) is 10.1. The second kappa shape index (κ2) is 4.37. The van der Waals surface area contributed by atoms with Gasteiger partial charge in [-0.15, -0.1) is 0 Å². The Bertz CT molecular complexity index is 344. The molecule has 6 unspecified atom stereocenters. The minimum Gasteiger partial charge on any atom is -0.380 e. The first-order valence-corrected chi connectivity index (χ1v) is 7.61. The number of aliphatic hydroxyl groups is 1. The molecule has 0 saturated heterocycles. The third-order valence-corrected chi connectivity index (χ3v) is 6.26. The van der Waals surface area contributed by atoms with Crippen LogP contribution in [-0.4, -0.2) is 16.9 Å². The van der Waals surface area contributed by atoms with Crippen molar-refractivity contribution in [3.05, 3.63) is 0 Å². The van der Waals surface area contributed by atoms with Crippen LogP contribution in [0, 0.1) is 29.6 Å². The van der Waals surface area contributed by atoms with Crippen LogP contribution in [0.2, 0.25) is 0 Å². The van der Waals surface area contributed by atoms with Gasteiger partial charge in [0.05, 0.1) is 0 Å². The molecule has 19 heavy (non-hydrogen) atoms. The first-order chi connectivity index (χ1) is 8.82. The van der Waals surface area contributed by atoms with Crippen molar-refractivity contribution in [2.75, 3.05) is 0 Å². The highest BCUT2D eigenvalue weighted by Gasteiger charge is 2.60. The molecule has 3 fully saturated rings. The SMILES string of the molecule is CC(O)(C1CCC2CCC3CCCC1C32)C(F)(F)F. The van der Waals surface area contributed by atoms with Crippen molar-refractivity contribution in [2.45, 2.75) is 63.6 Å². The second-order valence-corrected chi connectivity index (χ2v) is 7.10. The lowest BCUT2D eigenvalue weighted by Gasteiger charge is -2.50. The number of hydrogen-bond donors (Lipinski definition) is 1. The summed E-state index contributed by atoms with van der Waals surface area (Å²) in [5.74, 6) is 1.23.